The van der Waals surface area contributed by atoms with E-state index in [4.69, 9.17) is 4.42 Å². The van der Waals surface area contributed by atoms with Crippen LogP contribution >= 0.6 is 11.8 Å². The number of carbonyl (C=O) groups excluding carboxylic acids is 2. The molecule has 1 fully saturated rings. The third-order valence-electron chi connectivity index (χ3n) is 4.23. The number of carbonyl (C=O) groups is 2. The van der Waals surface area contributed by atoms with Gasteiger partial charge >= 0.3 is 0 Å². The Balaban J connectivity index is 1.41. The van der Waals surface area contributed by atoms with Crippen molar-refractivity contribution in [1.82, 2.24) is 9.80 Å². The first-order valence-corrected chi connectivity index (χ1v) is 9.53. The summed E-state index contributed by atoms with van der Waals surface area (Å²) in [5.74, 6) is 1.70. The fourth-order valence-electron chi connectivity index (χ4n) is 2.86. The van der Waals surface area contributed by atoms with Crippen LogP contribution in [0.3, 0.4) is 0 Å². The Morgan fingerprint density at radius 3 is 2.52 bits per heavy atom. The average molecular weight is 358 g/mol. The summed E-state index contributed by atoms with van der Waals surface area (Å²) >= 11 is 1.64. The van der Waals surface area contributed by atoms with Gasteiger partial charge in [-0.1, -0.05) is 29.8 Å². The van der Waals surface area contributed by atoms with E-state index < -0.39 is 0 Å². The lowest BCUT2D eigenvalue weighted by Crippen LogP contribution is -2.51. The van der Waals surface area contributed by atoms with Crippen LogP contribution < -0.4 is 0 Å². The summed E-state index contributed by atoms with van der Waals surface area (Å²) in [4.78, 5) is 28.1. The van der Waals surface area contributed by atoms with E-state index in [0.29, 0.717) is 37.7 Å². The summed E-state index contributed by atoms with van der Waals surface area (Å²) in [6.07, 6.45) is 1.50. The molecule has 6 heteroatoms. The number of nitrogens with zero attached hydrogens (tertiary/aromatic N) is 2. The van der Waals surface area contributed by atoms with Crippen molar-refractivity contribution < 1.29 is 14.0 Å². The second kappa shape index (κ2) is 8.25. The maximum absolute atomic E-state index is 12.3. The normalized spacial score (nSPS) is 14.6. The van der Waals surface area contributed by atoms with E-state index in [2.05, 4.69) is 25.1 Å². The Hall–Kier alpha value is -2.21. The first-order chi connectivity index (χ1) is 12.1. The van der Waals surface area contributed by atoms with Crippen molar-refractivity contribution in [3.8, 4) is 0 Å². The molecule has 1 saturated heterocycles. The SMILES string of the molecule is Cc1cccc(CSCC(=O)N2CCN(C(=O)c3ccco3)CC2)c1. The smallest absolute Gasteiger partial charge is 0.289 e. The molecule has 3 rings (SSSR count). The number of hydrogen-bond donors (Lipinski definition) is 0. The number of thioether (sulfide) groups is 1. The van der Waals surface area contributed by atoms with Gasteiger partial charge in [0.1, 0.15) is 0 Å². The molecular formula is C19H22N2O3S. The molecule has 0 spiro atoms. The van der Waals surface area contributed by atoms with Crippen LogP contribution in [0.5, 0.6) is 0 Å². The quantitative estimate of drug-likeness (QED) is 0.825. The molecule has 5 nitrogen and oxygen atoms in total. The Labute approximate surface area is 152 Å². The highest BCUT2D eigenvalue weighted by atomic mass is 32.2. The molecule has 0 N–H and O–H groups in total. The fourth-order valence-corrected chi connectivity index (χ4v) is 3.74. The van der Waals surface area contributed by atoms with Crippen LogP contribution in [0, 0.1) is 6.92 Å². The third kappa shape index (κ3) is 4.66. The van der Waals surface area contributed by atoms with Gasteiger partial charge in [-0.25, -0.2) is 0 Å². The van der Waals surface area contributed by atoms with Crippen molar-refractivity contribution in [1.29, 1.82) is 0 Å². The van der Waals surface area contributed by atoms with Crippen LogP contribution in [0.15, 0.2) is 47.1 Å². The van der Waals surface area contributed by atoms with Gasteiger partial charge in [0.15, 0.2) is 5.76 Å². The van der Waals surface area contributed by atoms with Gasteiger partial charge in [0.2, 0.25) is 5.91 Å². The van der Waals surface area contributed by atoms with E-state index in [1.807, 2.05) is 11.0 Å². The standard InChI is InChI=1S/C19H22N2O3S/c1-15-4-2-5-16(12-15)13-25-14-18(22)20-7-9-21(10-8-20)19(23)17-6-3-11-24-17/h2-6,11-12H,7-10,13-14H2,1H3. The van der Waals surface area contributed by atoms with Crippen molar-refractivity contribution in [3.63, 3.8) is 0 Å². The highest BCUT2D eigenvalue weighted by Gasteiger charge is 2.25. The van der Waals surface area contributed by atoms with E-state index in [-0.39, 0.29) is 11.8 Å². The van der Waals surface area contributed by atoms with E-state index in [9.17, 15) is 9.59 Å². The van der Waals surface area contributed by atoms with Gasteiger partial charge in [0, 0.05) is 31.9 Å². The summed E-state index contributed by atoms with van der Waals surface area (Å²) in [6, 6.07) is 11.7. The molecule has 0 unspecified atom stereocenters. The van der Waals surface area contributed by atoms with E-state index in [1.165, 1.54) is 17.4 Å². The van der Waals surface area contributed by atoms with Crippen LogP contribution in [0.4, 0.5) is 0 Å². The van der Waals surface area contributed by atoms with Gasteiger partial charge < -0.3 is 14.2 Å². The lowest BCUT2D eigenvalue weighted by molar-refractivity contribution is -0.129. The average Bonchev–Trinajstić information content (AvgIpc) is 3.16. The molecule has 1 aromatic carbocycles. The van der Waals surface area contributed by atoms with Crippen LogP contribution in [0.2, 0.25) is 0 Å². The van der Waals surface area contributed by atoms with Crippen LogP contribution in [0.25, 0.3) is 0 Å². The predicted molar refractivity (Wildman–Crippen MR) is 98.5 cm³/mol. The zero-order chi connectivity index (χ0) is 17.6. The van der Waals surface area contributed by atoms with Gasteiger partial charge in [-0.05, 0) is 24.6 Å². The van der Waals surface area contributed by atoms with Gasteiger partial charge in [0.25, 0.3) is 5.91 Å². The zero-order valence-electron chi connectivity index (χ0n) is 14.3. The number of furan rings is 1. The first kappa shape index (κ1) is 17.6. The molecule has 1 aliphatic heterocycles. The van der Waals surface area contributed by atoms with Crippen LogP contribution in [-0.4, -0.2) is 53.5 Å². The Morgan fingerprint density at radius 2 is 1.84 bits per heavy atom. The number of amides is 2. The molecule has 132 valence electrons. The maximum Gasteiger partial charge on any atom is 0.289 e. The van der Waals surface area contributed by atoms with Crippen LogP contribution in [0.1, 0.15) is 21.7 Å². The van der Waals surface area contributed by atoms with Gasteiger partial charge in [-0.15, -0.1) is 11.8 Å². The summed E-state index contributed by atoms with van der Waals surface area (Å²) in [6.45, 7) is 4.33. The van der Waals surface area contributed by atoms with Gasteiger partial charge in [0.05, 0.1) is 12.0 Å². The topological polar surface area (TPSA) is 53.8 Å². The molecule has 0 bridgehead atoms. The number of benzene rings is 1. The lowest BCUT2D eigenvalue weighted by Gasteiger charge is -2.34. The largest absolute Gasteiger partial charge is 0.459 e. The number of piperazine rings is 1. The molecule has 1 aromatic heterocycles. The second-order valence-electron chi connectivity index (χ2n) is 6.13. The minimum absolute atomic E-state index is 0.106. The van der Waals surface area contributed by atoms with Crippen molar-refractivity contribution in [2.45, 2.75) is 12.7 Å². The van der Waals surface area contributed by atoms with Crippen LogP contribution in [-0.2, 0) is 10.5 Å². The minimum atomic E-state index is -0.106. The summed E-state index contributed by atoms with van der Waals surface area (Å²) in [5, 5.41) is 0. The summed E-state index contributed by atoms with van der Waals surface area (Å²) in [7, 11) is 0. The molecule has 2 heterocycles. The summed E-state index contributed by atoms with van der Waals surface area (Å²) in [5.41, 5.74) is 2.48. The molecule has 2 aromatic rings. The molecule has 0 atom stereocenters. The highest BCUT2D eigenvalue weighted by Crippen LogP contribution is 2.15. The molecular weight excluding hydrogens is 336 g/mol. The molecule has 1 aliphatic rings. The van der Waals surface area contributed by atoms with Crippen molar-refractivity contribution in [2.24, 2.45) is 0 Å². The predicted octanol–water partition coefficient (Wildman–Crippen LogP) is 2.81. The number of aryl methyl sites for hydroxylation is 1. The van der Waals surface area contributed by atoms with Crippen molar-refractivity contribution >= 4 is 23.6 Å². The highest BCUT2D eigenvalue weighted by molar-refractivity contribution is 7.99. The fraction of sp³-hybridized carbons (Fsp3) is 0.368. The number of hydrogen-bond acceptors (Lipinski definition) is 4. The molecule has 0 saturated carbocycles. The Kier molecular flexibility index (Phi) is 5.81. The van der Waals surface area contributed by atoms with Gasteiger partial charge in [-0.3, -0.25) is 9.59 Å². The van der Waals surface area contributed by atoms with E-state index >= 15 is 0 Å². The Bertz CT molecular complexity index is 722. The second-order valence-corrected chi connectivity index (χ2v) is 7.12. The minimum Gasteiger partial charge on any atom is -0.459 e. The first-order valence-electron chi connectivity index (χ1n) is 8.37. The van der Waals surface area contributed by atoms with Crippen molar-refractivity contribution in [3.05, 3.63) is 59.5 Å². The Morgan fingerprint density at radius 1 is 1.08 bits per heavy atom. The zero-order valence-corrected chi connectivity index (χ0v) is 15.1. The monoisotopic (exact) mass is 358 g/mol. The molecule has 2 amide bonds. The van der Waals surface area contributed by atoms with E-state index in [1.54, 1.807) is 28.8 Å². The molecule has 0 aliphatic carbocycles. The van der Waals surface area contributed by atoms with Gasteiger partial charge in [-0.2, -0.15) is 0 Å². The molecule has 0 radical (unpaired) electrons. The third-order valence-corrected chi connectivity index (χ3v) is 5.22. The van der Waals surface area contributed by atoms with E-state index in [0.717, 1.165) is 5.75 Å². The molecule has 25 heavy (non-hydrogen) atoms. The maximum atomic E-state index is 12.3. The number of rotatable bonds is 5. The summed E-state index contributed by atoms with van der Waals surface area (Å²) < 4.78 is 5.15. The lowest BCUT2D eigenvalue weighted by atomic mass is 10.2. The van der Waals surface area contributed by atoms with Crippen molar-refractivity contribution in [2.75, 3.05) is 31.9 Å².